The van der Waals surface area contributed by atoms with E-state index in [0.29, 0.717) is 39.2 Å². The quantitative estimate of drug-likeness (QED) is 0.350. The van der Waals surface area contributed by atoms with Crippen LogP contribution in [0.3, 0.4) is 0 Å². The van der Waals surface area contributed by atoms with Gasteiger partial charge in [-0.1, -0.05) is 55.0 Å². The molecule has 2 saturated heterocycles. The highest BCUT2D eigenvalue weighted by Gasteiger charge is 2.32. The third-order valence-corrected chi connectivity index (χ3v) is 7.96. The van der Waals surface area contributed by atoms with E-state index >= 15 is 0 Å². The van der Waals surface area contributed by atoms with Gasteiger partial charge in [0.15, 0.2) is 0 Å². The van der Waals surface area contributed by atoms with Gasteiger partial charge in [-0.15, -0.1) is 0 Å². The number of methoxy groups -OCH3 is 1. The van der Waals surface area contributed by atoms with Gasteiger partial charge in [0.05, 0.1) is 17.6 Å². The summed E-state index contributed by atoms with van der Waals surface area (Å²) in [5, 5.41) is 0. The third kappa shape index (κ3) is 5.03. The number of carbonyl (C=O) groups is 1. The first kappa shape index (κ1) is 24.5. The topological polar surface area (TPSA) is 67.2 Å². The molecule has 1 aromatic carbocycles. The Morgan fingerprint density at radius 2 is 1.81 bits per heavy atom. The summed E-state index contributed by atoms with van der Waals surface area (Å²) in [7, 11) is 1.64. The molecular formula is C27H28N4O3S2. The van der Waals surface area contributed by atoms with Crippen molar-refractivity contribution in [1.29, 1.82) is 0 Å². The number of hydrogen-bond donors (Lipinski definition) is 0. The minimum atomic E-state index is -0.177. The molecule has 2 aliphatic rings. The van der Waals surface area contributed by atoms with Crippen molar-refractivity contribution in [3.05, 3.63) is 75.0 Å². The minimum absolute atomic E-state index is 0.169. The Morgan fingerprint density at radius 3 is 2.53 bits per heavy atom. The second kappa shape index (κ2) is 10.8. The SMILES string of the molecule is COc1ccc(CCN2C(=O)/C(=C\c3c(N4CCCCCC4)nc4ccccn4c3=O)SC2=S)cc1. The molecule has 36 heavy (non-hydrogen) atoms. The van der Waals surface area contributed by atoms with Crippen molar-refractivity contribution in [2.75, 3.05) is 31.6 Å². The fourth-order valence-electron chi connectivity index (χ4n) is 4.60. The van der Waals surface area contributed by atoms with Crippen LogP contribution >= 0.6 is 24.0 Å². The number of ether oxygens (including phenoxy) is 1. The average Bonchev–Trinajstić information content (AvgIpc) is 3.07. The van der Waals surface area contributed by atoms with Crippen molar-refractivity contribution >= 4 is 51.7 Å². The highest BCUT2D eigenvalue weighted by Crippen LogP contribution is 2.34. The molecule has 0 spiro atoms. The fourth-order valence-corrected chi connectivity index (χ4v) is 5.89. The molecule has 3 aromatic rings. The van der Waals surface area contributed by atoms with Crippen molar-refractivity contribution in [1.82, 2.24) is 14.3 Å². The number of carbonyl (C=O) groups excluding carboxylic acids is 1. The maximum Gasteiger partial charge on any atom is 0.267 e. The van der Waals surface area contributed by atoms with E-state index in [9.17, 15) is 9.59 Å². The van der Waals surface area contributed by atoms with Crippen LogP contribution in [0.2, 0.25) is 0 Å². The van der Waals surface area contributed by atoms with E-state index in [2.05, 4.69) is 4.90 Å². The van der Waals surface area contributed by atoms with Gasteiger partial charge in [-0.2, -0.15) is 0 Å². The Kier molecular flexibility index (Phi) is 7.38. The lowest BCUT2D eigenvalue weighted by atomic mass is 10.1. The molecular weight excluding hydrogens is 492 g/mol. The monoisotopic (exact) mass is 520 g/mol. The molecule has 9 heteroatoms. The van der Waals surface area contributed by atoms with Crippen LogP contribution < -0.4 is 15.2 Å². The molecule has 2 aromatic heterocycles. The smallest absolute Gasteiger partial charge is 0.267 e. The number of benzene rings is 1. The van der Waals surface area contributed by atoms with Crippen molar-refractivity contribution in [3.63, 3.8) is 0 Å². The Hall–Kier alpha value is -3.17. The van der Waals surface area contributed by atoms with Crippen molar-refractivity contribution < 1.29 is 9.53 Å². The highest BCUT2D eigenvalue weighted by molar-refractivity contribution is 8.26. The predicted octanol–water partition coefficient (Wildman–Crippen LogP) is 4.53. The van der Waals surface area contributed by atoms with Gasteiger partial charge in [-0.25, -0.2) is 4.98 Å². The van der Waals surface area contributed by atoms with Gasteiger partial charge in [-0.05, 0) is 55.2 Å². The first-order valence-corrected chi connectivity index (χ1v) is 13.4. The summed E-state index contributed by atoms with van der Waals surface area (Å²) < 4.78 is 7.26. The average molecular weight is 521 g/mol. The molecule has 0 aliphatic carbocycles. The predicted molar refractivity (Wildman–Crippen MR) is 149 cm³/mol. The summed E-state index contributed by atoms with van der Waals surface area (Å²) in [6.07, 6.45) is 8.54. The normalized spacial score (nSPS) is 17.8. The zero-order valence-corrected chi connectivity index (χ0v) is 21.8. The van der Waals surface area contributed by atoms with Crippen molar-refractivity contribution in [2.24, 2.45) is 0 Å². The zero-order valence-electron chi connectivity index (χ0n) is 20.2. The summed E-state index contributed by atoms with van der Waals surface area (Å²) in [5.74, 6) is 1.28. The number of anilines is 1. The summed E-state index contributed by atoms with van der Waals surface area (Å²) in [5.41, 5.74) is 1.96. The number of aromatic nitrogens is 2. The van der Waals surface area contributed by atoms with Crippen LogP contribution in [0.15, 0.2) is 58.4 Å². The van der Waals surface area contributed by atoms with Gasteiger partial charge in [-0.3, -0.25) is 18.9 Å². The van der Waals surface area contributed by atoms with E-state index in [1.807, 2.05) is 42.5 Å². The van der Waals surface area contributed by atoms with Gasteiger partial charge < -0.3 is 9.64 Å². The summed E-state index contributed by atoms with van der Waals surface area (Å²) in [4.78, 5) is 36.1. The maximum absolute atomic E-state index is 13.6. The Bertz CT molecular complexity index is 1380. The number of nitrogens with zero attached hydrogens (tertiary/aromatic N) is 4. The van der Waals surface area contributed by atoms with Gasteiger partial charge in [0.1, 0.15) is 21.5 Å². The molecule has 2 aliphatic heterocycles. The van der Waals surface area contributed by atoms with E-state index in [4.69, 9.17) is 21.9 Å². The molecule has 2 fully saturated rings. The van der Waals surface area contributed by atoms with Crippen LogP contribution in [-0.2, 0) is 11.2 Å². The second-order valence-electron chi connectivity index (χ2n) is 8.92. The van der Waals surface area contributed by atoms with Crippen LogP contribution in [0.5, 0.6) is 5.75 Å². The van der Waals surface area contributed by atoms with Crippen LogP contribution in [0.1, 0.15) is 36.8 Å². The van der Waals surface area contributed by atoms with Crippen molar-refractivity contribution in [3.8, 4) is 5.75 Å². The molecule has 0 bridgehead atoms. The Balaban J connectivity index is 1.46. The Morgan fingerprint density at radius 1 is 1.06 bits per heavy atom. The molecule has 0 atom stereocenters. The van der Waals surface area contributed by atoms with E-state index in [-0.39, 0.29) is 11.5 Å². The summed E-state index contributed by atoms with van der Waals surface area (Å²) >= 11 is 6.80. The van der Waals surface area contributed by atoms with Gasteiger partial charge in [0.2, 0.25) is 0 Å². The number of thioether (sulfide) groups is 1. The summed E-state index contributed by atoms with van der Waals surface area (Å²) in [6.45, 7) is 2.17. The number of fused-ring (bicyclic) bond motifs is 1. The molecule has 0 N–H and O–H groups in total. The maximum atomic E-state index is 13.6. The van der Waals surface area contributed by atoms with Gasteiger partial charge in [0.25, 0.3) is 11.5 Å². The summed E-state index contributed by atoms with van der Waals surface area (Å²) in [6, 6.07) is 13.3. The molecule has 4 heterocycles. The third-order valence-electron chi connectivity index (χ3n) is 6.59. The molecule has 5 rings (SSSR count). The first-order chi connectivity index (χ1) is 17.5. The Labute approximate surface area is 219 Å². The lowest BCUT2D eigenvalue weighted by Crippen LogP contribution is -2.31. The van der Waals surface area contributed by atoms with E-state index in [1.165, 1.54) is 29.0 Å². The van der Waals surface area contributed by atoms with E-state index in [0.717, 1.165) is 37.2 Å². The zero-order chi connectivity index (χ0) is 25.1. The minimum Gasteiger partial charge on any atom is -0.497 e. The second-order valence-corrected chi connectivity index (χ2v) is 10.6. The van der Waals surface area contributed by atoms with Crippen LogP contribution in [0.4, 0.5) is 5.82 Å². The van der Waals surface area contributed by atoms with Gasteiger partial charge in [0, 0.05) is 25.8 Å². The lowest BCUT2D eigenvalue weighted by Gasteiger charge is -2.23. The fraction of sp³-hybridized carbons (Fsp3) is 0.333. The number of thiocarbonyl (C=S) groups is 1. The van der Waals surface area contributed by atoms with E-state index in [1.54, 1.807) is 24.3 Å². The first-order valence-electron chi connectivity index (χ1n) is 12.2. The number of rotatable bonds is 6. The molecule has 0 unspecified atom stereocenters. The standard InChI is InChI=1S/C27H28N4O3S2/c1-34-20-11-9-19(10-12-20)13-17-31-26(33)22(36-27(31)35)18-21-24(29-14-5-2-3-6-15-29)28-23-8-4-7-16-30(23)25(21)32/h4,7-12,16,18H,2-3,5-6,13-15,17H2,1H3/b22-18+. The molecule has 7 nitrogen and oxygen atoms in total. The number of hydrogen-bond acceptors (Lipinski definition) is 7. The number of pyridine rings is 1. The molecule has 1 amide bonds. The van der Waals surface area contributed by atoms with Crippen LogP contribution in [0.25, 0.3) is 11.7 Å². The van der Waals surface area contributed by atoms with E-state index < -0.39 is 0 Å². The molecule has 0 saturated carbocycles. The number of amides is 1. The van der Waals surface area contributed by atoms with Crippen LogP contribution in [0, 0.1) is 0 Å². The largest absolute Gasteiger partial charge is 0.497 e. The van der Waals surface area contributed by atoms with Gasteiger partial charge >= 0.3 is 0 Å². The van der Waals surface area contributed by atoms with Crippen molar-refractivity contribution in [2.45, 2.75) is 32.1 Å². The van der Waals surface area contributed by atoms with Crippen LogP contribution in [-0.4, -0.2) is 51.3 Å². The molecule has 0 radical (unpaired) electrons. The lowest BCUT2D eigenvalue weighted by molar-refractivity contribution is -0.122. The molecule has 186 valence electrons. The highest BCUT2D eigenvalue weighted by atomic mass is 32.2.